The van der Waals surface area contributed by atoms with Gasteiger partial charge in [0, 0.05) is 0 Å². The molecule has 0 saturated heterocycles. The summed E-state index contributed by atoms with van der Waals surface area (Å²) >= 11 is 0. The SMILES string of the molecule is CCCCCCCOc1ccc(/C=N\Nc2nc3ccccc3[nH]2)cc1. The summed E-state index contributed by atoms with van der Waals surface area (Å²) in [6, 6.07) is 15.8. The van der Waals surface area contributed by atoms with Gasteiger partial charge in [-0.25, -0.2) is 10.4 Å². The molecule has 26 heavy (non-hydrogen) atoms. The lowest BCUT2D eigenvalue weighted by Crippen LogP contribution is -1.97. The summed E-state index contributed by atoms with van der Waals surface area (Å²) in [5.74, 6) is 1.54. The number of hydrogen-bond acceptors (Lipinski definition) is 4. The molecular weight excluding hydrogens is 324 g/mol. The van der Waals surface area contributed by atoms with Crippen LogP contribution in [-0.2, 0) is 0 Å². The fourth-order valence-corrected chi connectivity index (χ4v) is 2.72. The molecule has 0 amide bonds. The van der Waals surface area contributed by atoms with Gasteiger partial charge in [-0.05, 0) is 48.4 Å². The molecule has 0 aliphatic carbocycles. The second kappa shape index (κ2) is 9.61. The van der Waals surface area contributed by atoms with Crippen LogP contribution >= 0.6 is 0 Å². The first-order chi connectivity index (χ1) is 12.8. The molecule has 3 aromatic rings. The van der Waals surface area contributed by atoms with Gasteiger partial charge in [0.2, 0.25) is 5.95 Å². The molecule has 0 fully saturated rings. The number of nitrogens with one attached hydrogen (secondary N) is 2. The maximum absolute atomic E-state index is 5.77. The van der Waals surface area contributed by atoms with Gasteiger partial charge < -0.3 is 9.72 Å². The number of para-hydroxylation sites is 2. The predicted octanol–water partition coefficient (Wildman–Crippen LogP) is 5.36. The Labute approximate surface area is 154 Å². The molecule has 0 aliphatic rings. The molecular formula is C21H26N4O. The summed E-state index contributed by atoms with van der Waals surface area (Å²) in [7, 11) is 0. The van der Waals surface area contributed by atoms with Gasteiger partial charge in [-0.3, -0.25) is 0 Å². The number of benzene rings is 2. The fraction of sp³-hybridized carbons (Fsp3) is 0.333. The van der Waals surface area contributed by atoms with E-state index < -0.39 is 0 Å². The second-order valence-electron chi connectivity index (χ2n) is 6.30. The minimum absolute atomic E-state index is 0.630. The van der Waals surface area contributed by atoms with Crippen molar-refractivity contribution in [3.63, 3.8) is 0 Å². The van der Waals surface area contributed by atoms with Crippen molar-refractivity contribution >= 4 is 23.2 Å². The van der Waals surface area contributed by atoms with E-state index in [4.69, 9.17) is 4.74 Å². The van der Waals surface area contributed by atoms with Gasteiger partial charge >= 0.3 is 0 Å². The fourth-order valence-electron chi connectivity index (χ4n) is 2.72. The van der Waals surface area contributed by atoms with E-state index >= 15 is 0 Å². The summed E-state index contributed by atoms with van der Waals surface area (Å²) < 4.78 is 5.77. The van der Waals surface area contributed by atoms with Crippen molar-refractivity contribution in [3.05, 3.63) is 54.1 Å². The smallest absolute Gasteiger partial charge is 0.222 e. The van der Waals surface area contributed by atoms with E-state index in [1.165, 1.54) is 25.7 Å². The van der Waals surface area contributed by atoms with Gasteiger partial charge in [0.05, 0.1) is 23.9 Å². The monoisotopic (exact) mass is 350 g/mol. The highest BCUT2D eigenvalue weighted by atomic mass is 16.5. The highest BCUT2D eigenvalue weighted by Gasteiger charge is 1.99. The van der Waals surface area contributed by atoms with Gasteiger partial charge in [-0.2, -0.15) is 5.10 Å². The van der Waals surface area contributed by atoms with Crippen molar-refractivity contribution in [1.82, 2.24) is 9.97 Å². The van der Waals surface area contributed by atoms with Crippen LogP contribution in [0.2, 0.25) is 0 Å². The number of unbranched alkanes of at least 4 members (excludes halogenated alkanes) is 4. The average Bonchev–Trinajstić information content (AvgIpc) is 3.08. The number of anilines is 1. The zero-order valence-corrected chi connectivity index (χ0v) is 15.2. The van der Waals surface area contributed by atoms with Crippen molar-refractivity contribution in [3.8, 4) is 5.75 Å². The van der Waals surface area contributed by atoms with Gasteiger partial charge in [-0.1, -0.05) is 44.7 Å². The zero-order valence-electron chi connectivity index (χ0n) is 15.2. The quantitative estimate of drug-likeness (QED) is 0.294. The number of aromatic amines is 1. The van der Waals surface area contributed by atoms with E-state index in [0.717, 1.165) is 35.4 Å². The van der Waals surface area contributed by atoms with Crippen molar-refractivity contribution in [1.29, 1.82) is 0 Å². The van der Waals surface area contributed by atoms with Crippen LogP contribution < -0.4 is 10.2 Å². The van der Waals surface area contributed by atoms with Gasteiger partial charge in [-0.15, -0.1) is 0 Å². The van der Waals surface area contributed by atoms with Gasteiger partial charge in [0.15, 0.2) is 0 Å². The summed E-state index contributed by atoms with van der Waals surface area (Å²) in [6.07, 6.45) is 8.01. The minimum Gasteiger partial charge on any atom is -0.494 e. The molecule has 136 valence electrons. The van der Waals surface area contributed by atoms with E-state index in [1.807, 2.05) is 48.5 Å². The zero-order chi connectivity index (χ0) is 18.0. The molecule has 5 nitrogen and oxygen atoms in total. The summed E-state index contributed by atoms with van der Waals surface area (Å²) in [6.45, 7) is 3.01. The molecule has 5 heteroatoms. The molecule has 0 unspecified atom stereocenters. The summed E-state index contributed by atoms with van der Waals surface area (Å²) in [5, 5.41) is 4.23. The van der Waals surface area contributed by atoms with Crippen LogP contribution in [0, 0.1) is 0 Å². The molecule has 0 spiro atoms. The van der Waals surface area contributed by atoms with Crippen molar-refractivity contribution in [2.24, 2.45) is 5.10 Å². The maximum atomic E-state index is 5.77. The van der Waals surface area contributed by atoms with Crippen LogP contribution in [0.15, 0.2) is 53.6 Å². The Balaban J connectivity index is 1.44. The van der Waals surface area contributed by atoms with Gasteiger partial charge in [0.25, 0.3) is 0 Å². The number of fused-ring (bicyclic) bond motifs is 1. The average molecular weight is 350 g/mol. The number of H-pyrrole nitrogens is 1. The summed E-state index contributed by atoms with van der Waals surface area (Å²) in [4.78, 5) is 7.59. The lowest BCUT2D eigenvalue weighted by Gasteiger charge is -2.06. The molecule has 2 N–H and O–H groups in total. The van der Waals surface area contributed by atoms with E-state index in [2.05, 4.69) is 27.4 Å². The van der Waals surface area contributed by atoms with Crippen molar-refractivity contribution in [2.45, 2.75) is 39.0 Å². The first-order valence-electron chi connectivity index (χ1n) is 9.32. The van der Waals surface area contributed by atoms with E-state index in [1.54, 1.807) is 6.21 Å². The first kappa shape index (κ1) is 18.0. The number of aromatic nitrogens is 2. The summed E-state index contributed by atoms with van der Waals surface area (Å²) in [5.41, 5.74) is 5.84. The van der Waals surface area contributed by atoms with Gasteiger partial charge in [0.1, 0.15) is 5.75 Å². The number of ether oxygens (including phenoxy) is 1. The Morgan fingerprint density at radius 2 is 1.85 bits per heavy atom. The minimum atomic E-state index is 0.630. The standard InChI is InChI=1S/C21H26N4O/c1-2-3-4-5-8-15-26-18-13-11-17(12-14-18)16-22-25-21-23-19-9-6-7-10-20(19)24-21/h6-7,9-14,16H,2-5,8,15H2,1H3,(H2,23,24,25)/b22-16-. The van der Waals surface area contributed by atoms with E-state index in [9.17, 15) is 0 Å². The maximum Gasteiger partial charge on any atom is 0.222 e. The van der Waals surface area contributed by atoms with Crippen molar-refractivity contribution < 1.29 is 4.74 Å². The normalized spacial score (nSPS) is 11.3. The topological polar surface area (TPSA) is 62.3 Å². The van der Waals surface area contributed by atoms with Crippen LogP contribution in [0.25, 0.3) is 11.0 Å². The Hall–Kier alpha value is -2.82. The highest BCUT2D eigenvalue weighted by Crippen LogP contribution is 2.14. The Bertz CT molecular complexity index is 790. The number of rotatable bonds is 10. The van der Waals surface area contributed by atoms with Crippen LogP contribution in [0.4, 0.5) is 5.95 Å². The lowest BCUT2D eigenvalue weighted by atomic mass is 10.2. The van der Waals surface area contributed by atoms with Crippen LogP contribution in [-0.4, -0.2) is 22.8 Å². The number of hydrogen-bond donors (Lipinski definition) is 2. The number of imidazole rings is 1. The van der Waals surface area contributed by atoms with E-state index in [0.29, 0.717) is 5.95 Å². The molecule has 1 heterocycles. The predicted molar refractivity (Wildman–Crippen MR) is 108 cm³/mol. The third-order valence-electron chi connectivity index (χ3n) is 4.17. The van der Waals surface area contributed by atoms with Crippen LogP contribution in [0.1, 0.15) is 44.6 Å². The molecule has 2 aromatic carbocycles. The van der Waals surface area contributed by atoms with E-state index in [-0.39, 0.29) is 0 Å². The molecule has 3 rings (SSSR count). The highest BCUT2D eigenvalue weighted by molar-refractivity contribution is 5.81. The Kier molecular flexibility index (Phi) is 6.65. The molecule has 1 aromatic heterocycles. The Morgan fingerprint density at radius 1 is 1.04 bits per heavy atom. The molecule has 0 atom stereocenters. The first-order valence-corrected chi connectivity index (χ1v) is 9.32. The molecule has 0 bridgehead atoms. The molecule has 0 radical (unpaired) electrons. The largest absolute Gasteiger partial charge is 0.494 e. The number of nitrogens with zero attached hydrogens (tertiary/aromatic N) is 2. The third-order valence-corrected chi connectivity index (χ3v) is 4.17. The lowest BCUT2D eigenvalue weighted by molar-refractivity contribution is 0.304. The molecule has 0 saturated carbocycles. The van der Waals surface area contributed by atoms with Crippen molar-refractivity contribution in [2.75, 3.05) is 12.0 Å². The van der Waals surface area contributed by atoms with Crippen LogP contribution in [0.5, 0.6) is 5.75 Å². The van der Waals surface area contributed by atoms with Crippen LogP contribution in [0.3, 0.4) is 0 Å². The Morgan fingerprint density at radius 3 is 2.65 bits per heavy atom. The number of hydrazone groups is 1. The third kappa shape index (κ3) is 5.34. The molecule has 0 aliphatic heterocycles. The second-order valence-corrected chi connectivity index (χ2v) is 6.30.